The zero-order valence-electron chi connectivity index (χ0n) is 22.5. The van der Waals surface area contributed by atoms with Crippen molar-refractivity contribution >= 4 is 5.69 Å². The summed E-state index contributed by atoms with van der Waals surface area (Å²) in [5, 5.41) is 7.75. The third kappa shape index (κ3) is 5.54. The summed E-state index contributed by atoms with van der Waals surface area (Å²) in [6.07, 6.45) is -0.0893. The number of benzene rings is 3. The summed E-state index contributed by atoms with van der Waals surface area (Å²) in [7, 11) is 0. The number of hydrogen-bond acceptors (Lipinski definition) is 3. The minimum Gasteiger partial charge on any atom is -0.404 e. The Morgan fingerprint density at radius 1 is 0.846 bits per heavy atom. The molecule has 0 spiro atoms. The summed E-state index contributed by atoms with van der Waals surface area (Å²) in [5.74, 6) is 1.69. The van der Waals surface area contributed by atoms with Gasteiger partial charge in [0.25, 0.3) is 0 Å². The van der Waals surface area contributed by atoms with E-state index in [9.17, 15) is 13.2 Å². The van der Waals surface area contributed by atoms with Gasteiger partial charge < -0.3 is 15.4 Å². The summed E-state index contributed by atoms with van der Waals surface area (Å²) in [5.41, 5.74) is 3.84. The monoisotopic (exact) mass is 534 g/mol. The Kier molecular flexibility index (Phi) is 7.09. The number of ether oxygens (including phenoxy) is 1. The molecule has 0 radical (unpaired) electrons. The minimum atomic E-state index is -4.76. The topological polar surface area (TPSA) is 33.3 Å². The van der Waals surface area contributed by atoms with Crippen LogP contribution < -0.4 is 15.4 Å². The van der Waals surface area contributed by atoms with Gasteiger partial charge in [0.05, 0.1) is 5.69 Å². The van der Waals surface area contributed by atoms with Crippen molar-refractivity contribution in [3.63, 3.8) is 0 Å². The fourth-order valence-corrected chi connectivity index (χ4v) is 7.39. The molecule has 2 bridgehead atoms. The zero-order valence-corrected chi connectivity index (χ0v) is 22.5. The summed E-state index contributed by atoms with van der Waals surface area (Å²) in [6, 6.07) is 26.5. The summed E-state index contributed by atoms with van der Waals surface area (Å²) in [4.78, 5) is 0. The average molecular weight is 535 g/mol. The van der Waals surface area contributed by atoms with E-state index in [0.29, 0.717) is 29.5 Å². The molecule has 3 nitrogen and oxygen atoms in total. The first-order valence-electron chi connectivity index (χ1n) is 14.3. The smallest absolute Gasteiger partial charge is 0.404 e. The van der Waals surface area contributed by atoms with E-state index in [-0.39, 0.29) is 29.7 Å². The normalized spacial score (nSPS) is 28.1. The predicted octanol–water partition coefficient (Wildman–Crippen LogP) is 8.10. The molecule has 3 aliphatic rings. The maximum Gasteiger partial charge on any atom is 0.573 e. The Morgan fingerprint density at radius 2 is 1.51 bits per heavy atom. The molecule has 2 saturated carbocycles. The predicted molar refractivity (Wildman–Crippen MR) is 149 cm³/mol. The molecule has 39 heavy (non-hydrogen) atoms. The van der Waals surface area contributed by atoms with Crippen LogP contribution in [-0.2, 0) is 0 Å². The van der Waals surface area contributed by atoms with Crippen LogP contribution in [0, 0.1) is 17.8 Å². The second-order valence-electron chi connectivity index (χ2n) is 11.9. The van der Waals surface area contributed by atoms with Crippen LogP contribution in [-0.4, -0.2) is 24.5 Å². The number of halogens is 3. The van der Waals surface area contributed by atoms with E-state index in [4.69, 9.17) is 0 Å². The molecule has 6 rings (SSSR count). The lowest BCUT2D eigenvalue weighted by atomic mass is 9.80. The van der Waals surface area contributed by atoms with Gasteiger partial charge in [-0.25, -0.2) is 0 Å². The first-order valence-corrected chi connectivity index (χ1v) is 14.3. The van der Waals surface area contributed by atoms with Crippen molar-refractivity contribution in [1.29, 1.82) is 0 Å². The van der Waals surface area contributed by atoms with Crippen LogP contribution in [0.4, 0.5) is 18.9 Å². The average Bonchev–Trinajstić information content (AvgIpc) is 3.63. The quantitative estimate of drug-likeness (QED) is 0.321. The van der Waals surface area contributed by atoms with Gasteiger partial charge in [-0.15, -0.1) is 13.2 Å². The molecular weight excluding hydrogens is 497 g/mol. The van der Waals surface area contributed by atoms with Crippen LogP contribution in [0.3, 0.4) is 0 Å². The largest absolute Gasteiger partial charge is 0.573 e. The Hall–Kier alpha value is -2.99. The molecule has 1 saturated heterocycles. The van der Waals surface area contributed by atoms with Crippen molar-refractivity contribution in [2.24, 2.45) is 17.8 Å². The van der Waals surface area contributed by atoms with Crippen molar-refractivity contribution in [3.05, 3.63) is 95.6 Å². The highest BCUT2D eigenvalue weighted by Gasteiger charge is 2.59. The first kappa shape index (κ1) is 26.2. The number of nitrogens with one attached hydrogen (secondary N) is 2. The standard InChI is InChI=1S/C33H37F3N2O/c1-20(2)23-16-17-28(39-33(34,35)36)27(18-23)38-32-30-25-15-9-14-24(19-26(25)30)37-31(32)29(21-10-5-3-6-11-21)22-12-7-4-8-13-22/h3-8,10-13,16-18,20,24-26,29-32,37-38H,9,14-15,19H2,1-2H3/t24?,25-,26?,30-,31?,32?/m0/s1. The molecule has 206 valence electrons. The Bertz CT molecular complexity index is 1220. The summed E-state index contributed by atoms with van der Waals surface area (Å²) < 4.78 is 45.0. The van der Waals surface area contributed by atoms with E-state index in [2.05, 4.69) is 77.7 Å². The molecule has 3 aromatic rings. The fraction of sp³-hybridized carbons (Fsp3) is 0.455. The number of hydrogen-bond donors (Lipinski definition) is 2. The van der Waals surface area contributed by atoms with Gasteiger partial charge in [-0.1, -0.05) is 87.0 Å². The van der Waals surface area contributed by atoms with Gasteiger partial charge in [0.1, 0.15) is 0 Å². The molecule has 1 heterocycles. The van der Waals surface area contributed by atoms with Gasteiger partial charge in [0.2, 0.25) is 0 Å². The Balaban J connectivity index is 1.46. The molecule has 0 amide bonds. The van der Waals surface area contributed by atoms with Crippen LogP contribution in [0.15, 0.2) is 78.9 Å². The van der Waals surface area contributed by atoms with Crippen molar-refractivity contribution in [2.75, 3.05) is 5.32 Å². The molecule has 3 aromatic carbocycles. The summed E-state index contributed by atoms with van der Waals surface area (Å²) >= 11 is 0. The second kappa shape index (κ2) is 10.5. The van der Waals surface area contributed by atoms with E-state index >= 15 is 0 Å². The fourth-order valence-electron chi connectivity index (χ4n) is 7.39. The van der Waals surface area contributed by atoms with Crippen LogP contribution in [0.25, 0.3) is 0 Å². The maximum atomic E-state index is 13.5. The Labute approximate surface area is 229 Å². The van der Waals surface area contributed by atoms with Gasteiger partial charge in [-0.05, 0) is 71.8 Å². The molecule has 0 aromatic heterocycles. The highest BCUT2D eigenvalue weighted by atomic mass is 19.4. The molecule has 2 N–H and O–H groups in total. The van der Waals surface area contributed by atoms with E-state index < -0.39 is 6.36 Å². The van der Waals surface area contributed by atoms with Crippen LogP contribution >= 0.6 is 0 Å². The van der Waals surface area contributed by atoms with Crippen LogP contribution in [0.1, 0.15) is 68.1 Å². The van der Waals surface area contributed by atoms with Gasteiger partial charge >= 0.3 is 6.36 Å². The lowest BCUT2D eigenvalue weighted by Crippen LogP contribution is -2.51. The molecule has 2 aliphatic carbocycles. The number of fused-ring (bicyclic) bond motifs is 2. The van der Waals surface area contributed by atoms with Gasteiger partial charge in [0, 0.05) is 24.0 Å². The maximum absolute atomic E-state index is 13.5. The molecule has 4 unspecified atom stereocenters. The number of alkyl halides is 3. The molecular formula is C33H37F3N2O. The van der Waals surface area contributed by atoms with Crippen molar-refractivity contribution in [3.8, 4) is 5.75 Å². The zero-order chi connectivity index (χ0) is 27.1. The lowest BCUT2D eigenvalue weighted by Gasteiger charge is -2.38. The highest BCUT2D eigenvalue weighted by molar-refractivity contribution is 5.60. The van der Waals surface area contributed by atoms with Crippen molar-refractivity contribution in [2.45, 2.75) is 75.9 Å². The van der Waals surface area contributed by atoms with E-state index in [1.54, 1.807) is 6.07 Å². The third-order valence-electron chi connectivity index (χ3n) is 9.17. The SMILES string of the molecule is CC(C)c1ccc(OC(F)(F)F)c(NC2C(C(c3ccccc3)c3ccccc3)NC3CCC[C@H]4C(C3)[C@@H]24)c1. The van der Waals surface area contributed by atoms with Gasteiger partial charge in [-0.3, -0.25) is 0 Å². The molecule has 6 heteroatoms. The third-order valence-corrected chi connectivity index (χ3v) is 9.17. The van der Waals surface area contributed by atoms with E-state index in [1.807, 2.05) is 18.2 Å². The van der Waals surface area contributed by atoms with Crippen molar-refractivity contribution in [1.82, 2.24) is 5.32 Å². The van der Waals surface area contributed by atoms with Gasteiger partial charge in [0.15, 0.2) is 5.75 Å². The molecule has 1 aliphatic heterocycles. The minimum absolute atomic E-state index is 0.000608. The van der Waals surface area contributed by atoms with Crippen LogP contribution in [0.5, 0.6) is 5.75 Å². The second-order valence-corrected chi connectivity index (χ2v) is 11.9. The summed E-state index contributed by atoms with van der Waals surface area (Å²) in [6.45, 7) is 4.11. The van der Waals surface area contributed by atoms with Crippen LogP contribution in [0.2, 0.25) is 0 Å². The lowest BCUT2D eigenvalue weighted by molar-refractivity contribution is -0.274. The first-order chi connectivity index (χ1) is 18.8. The van der Waals surface area contributed by atoms with Gasteiger partial charge in [-0.2, -0.15) is 0 Å². The van der Waals surface area contributed by atoms with E-state index in [1.165, 1.54) is 30.0 Å². The van der Waals surface area contributed by atoms with Crippen molar-refractivity contribution < 1.29 is 17.9 Å². The molecule has 3 fully saturated rings. The highest BCUT2D eigenvalue weighted by Crippen LogP contribution is 2.59. The number of anilines is 1. The number of rotatable bonds is 7. The van der Waals surface area contributed by atoms with E-state index in [0.717, 1.165) is 18.4 Å². The molecule has 6 atom stereocenters. The Morgan fingerprint density at radius 3 is 2.13 bits per heavy atom.